The van der Waals surface area contributed by atoms with Gasteiger partial charge in [0.1, 0.15) is 0 Å². The van der Waals surface area contributed by atoms with Crippen molar-refractivity contribution in [3.63, 3.8) is 0 Å². The van der Waals surface area contributed by atoms with E-state index in [1.165, 1.54) is 19.3 Å². The fraction of sp³-hybridized carbons (Fsp3) is 0.667. The van der Waals surface area contributed by atoms with E-state index in [2.05, 4.69) is 13.8 Å². The third kappa shape index (κ3) is 2.23. The van der Waals surface area contributed by atoms with Crippen molar-refractivity contribution in [3.05, 3.63) is 13.8 Å². The van der Waals surface area contributed by atoms with Crippen LogP contribution in [0.25, 0.3) is 0 Å². The van der Waals surface area contributed by atoms with Crippen LogP contribution in [-0.4, -0.2) is 0 Å². The number of hydrogen-bond acceptors (Lipinski definition) is 0. The average Bonchev–Trinajstić information content (AvgIpc) is 1.32. The molecule has 1 aliphatic rings. The van der Waals surface area contributed by atoms with E-state index in [0.717, 1.165) is 0 Å². The molecule has 0 aromatic rings. The number of rotatable bonds is 0. The average molecular weight is 171 g/mol. The van der Waals surface area contributed by atoms with Gasteiger partial charge in [0.25, 0.3) is 0 Å². The van der Waals surface area contributed by atoms with E-state index in [9.17, 15) is 0 Å². The van der Waals surface area contributed by atoms with Gasteiger partial charge in [-0.2, -0.15) is 0 Å². The molecule has 0 aromatic heterocycles. The van der Waals surface area contributed by atoms with Crippen molar-refractivity contribution in [2.45, 2.75) is 19.3 Å². The van der Waals surface area contributed by atoms with Crippen LogP contribution in [-0.2, 0) is 32.7 Å². The molecule has 1 rings (SSSR count). The van der Waals surface area contributed by atoms with Gasteiger partial charge in [-0.25, -0.2) is 0 Å². The summed E-state index contributed by atoms with van der Waals surface area (Å²) in [5, 5.41) is 0. The minimum absolute atomic E-state index is 0. The summed E-state index contributed by atoms with van der Waals surface area (Å²) in [6, 6.07) is 0. The Morgan fingerprint density at radius 2 is 1.43 bits per heavy atom. The topological polar surface area (TPSA) is 0 Å². The molecule has 1 aliphatic carbocycles. The van der Waals surface area contributed by atoms with Gasteiger partial charge in [0.15, 0.2) is 0 Å². The normalized spacial score (nSPS) is 24.9. The van der Waals surface area contributed by atoms with E-state index in [1.807, 2.05) is 0 Å². The van der Waals surface area contributed by atoms with Gasteiger partial charge in [-0.1, -0.05) is 6.42 Å². The van der Waals surface area contributed by atoms with Crippen LogP contribution in [0, 0.1) is 19.3 Å². The summed E-state index contributed by atoms with van der Waals surface area (Å²) >= 11 is 0. The third-order valence-electron chi connectivity index (χ3n) is 1.41. The monoisotopic (exact) mass is 171 g/mol. The molecule has 0 aliphatic heterocycles. The molecule has 0 saturated heterocycles. The molecule has 0 spiro atoms. The minimum Gasteiger partial charge on any atom is -0.367 e. The van der Waals surface area contributed by atoms with Gasteiger partial charge < -0.3 is 13.8 Å². The van der Waals surface area contributed by atoms with Crippen molar-refractivity contribution in [2.75, 3.05) is 0 Å². The molecular formula is C6H10Y-2. The maximum atomic E-state index is 3.86. The minimum atomic E-state index is 0. The predicted molar refractivity (Wildman–Crippen MR) is 27.0 cm³/mol. The first-order chi connectivity index (χ1) is 2.71. The van der Waals surface area contributed by atoms with Crippen LogP contribution in [0.4, 0.5) is 0 Å². The van der Waals surface area contributed by atoms with Gasteiger partial charge in [0.05, 0.1) is 0 Å². The zero-order chi connectivity index (χ0) is 4.62. The first-order valence-electron chi connectivity index (χ1n) is 2.41. The predicted octanol–water partition coefficient (Wildman–Crippen LogP) is 1.82. The van der Waals surface area contributed by atoms with Crippen LogP contribution >= 0.6 is 0 Å². The van der Waals surface area contributed by atoms with Crippen molar-refractivity contribution in [3.8, 4) is 0 Å². The SMILES string of the molecule is [CH2-]C1([CH2-])CCC1.[Y]. The Morgan fingerprint density at radius 1 is 1.14 bits per heavy atom. The van der Waals surface area contributed by atoms with Crippen molar-refractivity contribution < 1.29 is 32.7 Å². The van der Waals surface area contributed by atoms with Gasteiger partial charge in [-0.05, 0) is 0 Å². The van der Waals surface area contributed by atoms with Crippen LogP contribution in [0.5, 0.6) is 0 Å². The zero-order valence-corrected chi connectivity index (χ0v) is 7.45. The van der Waals surface area contributed by atoms with Crippen molar-refractivity contribution in [1.29, 1.82) is 0 Å². The second kappa shape index (κ2) is 2.59. The van der Waals surface area contributed by atoms with Crippen molar-refractivity contribution in [2.24, 2.45) is 5.41 Å². The Labute approximate surface area is 70.9 Å². The second-order valence-corrected chi connectivity index (χ2v) is 2.35. The van der Waals surface area contributed by atoms with Crippen molar-refractivity contribution >= 4 is 0 Å². The van der Waals surface area contributed by atoms with Crippen LogP contribution in [0.3, 0.4) is 0 Å². The molecule has 39 valence electrons. The Hall–Kier alpha value is 1.10. The van der Waals surface area contributed by atoms with E-state index in [0.29, 0.717) is 0 Å². The van der Waals surface area contributed by atoms with Gasteiger partial charge in [-0.3, -0.25) is 5.41 Å². The summed E-state index contributed by atoms with van der Waals surface area (Å²) in [5.74, 6) is 0. The largest absolute Gasteiger partial charge is 0.367 e. The van der Waals surface area contributed by atoms with Gasteiger partial charge in [0.2, 0.25) is 0 Å². The molecule has 1 heteroatoms. The van der Waals surface area contributed by atoms with Gasteiger partial charge in [-0.15, -0.1) is 12.8 Å². The molecular weight excluding hydrogens is 161 g/mol. The van der Waals surface area contributed by atoms with E-state index in [4.69, 9.17) is 0 Å². The standard InChI is InChI=1S/C6H10.Y/c1-6(2)4-3-5-6;/h1-5H2;/q-2;. The first-order valence-corrected chi connectivity index (χ1v) is 2.41. The van der Waals surface area contributed by atoms with E-state index < -0.39 is 0 Å². The maximum absolute atomic E-state index is 3.86. The molecule has 1 radical (unpaired) electrons. The summed E-state index contributed by atoms with van der Waals surface area (Å²) in [4.78, 5) is 0. The van der Waals surface area contributed by atoms with Crippen LogP contribution < -0.4 is 0 Å². The van der Waals surface area contributed by atoms with E-state index >= 15 is 0 Å². The van der Waals surface area contributed by atoms with Crippen LogP contribution in [0.2, 0.25) is 0 Å². The molecule has 0 aromatic carbocycles. The molecule has 0 N–H and O–H groups in total. The number of hydrogen-bond donors (Lipinski definition) is 0. The fourth-order valence-corrected chi connectivity index (χ4v) is 0.677. The molecule has 0 bridgehead atoms. The second-order valence-electron chi connectivity index (χ2n) is 2.35. The smallest absolute Gasteiger partial charge is 0 e. The van der Waals surface area contributed by atoms with Crippen LogP contribution in [0.15, 0.2) is 0 Å². The Kier molecular flexibility index (Phi) is 3.00. The molecule has 0 nitrogen and oxygen atoms in total. The Bertz CT molecular complexity index is 51.2. The molecule has 0 unspecified atom stereocenters. The van der Waals surface area contributed by atoms with E-state index in [-0.39, 0.29) is 38.1 Å². The third-order valence-corrected chi connectivity index (χ3v) is 1.41. The molecule has 7 heavy (non-hydrogen) atoms. The summed E-state index contributed by atoms with van der Waals surface area (Å²) in [5.41, 5.74) is 0.222. The summed E-state index contributed by atoms with van der Waals surface area (Å²) in [6.07, 6.45) is 3.80. The Morgan fingerprint density at radius 3 is 1.43 bits per heavy atom. The van der Waals surface area contributed by atoms with Gasteiger partial charge >= 0.3 is 0 Å². The van der Waals surface area contributed by atoms with Gasteiger partial charge in [0, 0.05) is 32.7 Å². The molecule has 0 heterocycles. The summed E-state index contributed by atoms with van der Waals surface area (Å²) in [7, 11) is 0. The van der Waals surface area contributed by atoms with E-state index in [1.54, 1.807) is 0 Å². The zero-order valence-electron chi connectivity index (χ0n) is 4.61. The van der Waals surface area contributed by atoms with Crippen molar-refractivity contribution in [1.82, 2.24) is 0 Å². The quantitative estimate of drug-likeness (QED) is 0.487. The fourth-order valence-electron chi connectivity index (χ4n) is 0.677. The molecule has 0 amide bonds. The molecule has 1 saturated carbocycles. The maximum Gasteiger partial charge on any atom is 0 e. The Balaban J connectivity index is 0.000000360. The van der Waals surface area contributed by atoms with Crippen LogP contribution in [0.1, 0.15) is 19.3 Å². The summed E-state index contributed by atoms with van der Waals surface area (Å²) in [6.45, 7) is 7.73. The summed E-state index contributed by atoms with van der Waals surface area (Å²) < 4.78 is 0. The first kappa shape index (κ1) is 8.10. The molecule has 0 atom stereocenters. The molecule has 1 fully saturated rings.